The molecule has 0 saturated carbocycles. The van der Waals surface area contributed by atoms with Crippen LogP contribution in [0.3, 0.4) is 0 Å². The summed E-state index contributed by atoms with van der Waals surface area (Å²) in [5, 5.41) is 17.8. The van der Waals surface area contributed by atoms with E-state index in [9.17, 15) is 9.90 Å². The van der Waals surface area contributed by atoms with E-state index >= 15 is 0 Å². The number of phenolic OH excluding ortho intramolecular Hbond substituents is 1. The number of para-hydroxylation sites is 1. The zero-order chi connectivity index (χ0) is 22.2. The number of nitrogens with one attached hydrogen (secondary N) is 1. The number of rotatable bonds is 6. The summed E-state index contributed by atoms with van der Waals surface area (Å²) in [6, 6.07) is 15.3. The lowest BCUT2D eigenvalue weighted by Gasteiger charge is -2.27. The van der Waals surface area contributed by atoms with Gasteiger partial charge in [0.05, 0.1) is 6.04 Å². The average Bonchev–Trinajstić information content (AvgIpc) is 3.27. The third-order valence-electron chi connectivity index (χ3n) is 5.86. The molecule has 2 aromatic carbocycles. The third kappa shape index (κ3) is 3.83. The minimum Gasteiger partial charge on any atom is -0.507 e. The van der Waals surface area contributed by atoms with Crippen molar-refractivity contribution >= 4 is 5.91 Å². The van der Waals surface area contributed by atoms with Crippen LogP contribution < -0.4 is 0 Å². The number of ether oxygens (including phenoxy) is 1. The first-order valence-electron chi connectivity index (χ1n) is 10.6. The summed E-state index contributed by atoms with van der Waals surface area (Å²) in [7, 11) is 1.66. The van der Waals surface area contributed by atoms with Gasteiger partial charge in [-0.1, -0.05) is 57.2 Å². The van der Waals surface area contributed by atoms with E-state index in [0.29, 0.717) is 30.1 Å². The van der Waals surface area contributed by atoms with Crippen LogP contribution in [0, 0.1) is 0 Å². The Hall–Kier alpha value is -3.12. The summed E-state index contributed by atoms with van der Waals surface area (Å²) in [5.74, 6) is 0.0640. The van der Waals surface area contributed by atoms with Gasteiger partial charge >= 0.3 is 0 Å². The van der Waals surface area contributed by atoms with Gasteiger partial charge in [-0.25, -0.2) is 0 Å². The molecule has 6 nitrogen and oxygen atoms in total. The first-order valence-corrected chi connectivity index (χ1v) is 10.6. The molecule has 0 unspecified atom stereocenters. The Morgan fingerprint density at radius 3 is 2.48 bits per heavy atom. The van der Waals surface area contributed by atoms with Crippen molar-refractivity contribution in [1.82, 2.24) is 15.1 Å². The van der Waals surface area contributed by atoms with Gasteiger partial charge in [-0.05, 0) is 35.1 Å². The maximum absolute atomic E-state index is 13.3. The van der Waals surface area contributed by atoms with Crippen molar-refractivity contribution < 1.29 is 14.6 Å². The van der Waals surface area contributed by atoms with E-state index in [1.807, 2.05) is 17.0 Å². The van der Waals surface area contributed by atoms with Crippen molar-refractivity contribution in [3.05, 3.63) is 70.9 Å². The van der Waals surface area contributed by atoms with Crippen molar-refractivity contribution in [2.75, 3.05) is 20.3 Å². The largest absolute Gasteiger partial charge is 0.507 e. The van der Waals surface area contributed by atoms with Crippen LogP contribution >= 0.6 is 0 Å². The molecule has 2 heterocycles. The van der Waals surface area contributed by atoms with Crippen molar-refractivity contribution in [3.63, 3.8) is 0 Å². The molecule has 1 aromatic heterocycles. The molecule has 0 bridgehead atoms. The first kappa shape index (κ1) is 21.1. The molecule has 1 atom stereocenters. The van der Waals surface area contributed by atoms with E-state index in [2.05, 4.69) is 55.2 Å². The number of carbonyl (C=O) groups excluding carboxylic acids is 1. The van der Waals surface area contributed by atoms with Gasteiger partial charge in [-0.3, -0.25) is 9.89 Å². The smallest absolute Gasteiger partial charge is 0.273 e. The molecule has 0 radical (unpaired) electrons. The second-order valence-corrected chi connectivity index (χ2v) is 9.00. The number of benzene rings is 2. The fourth-order valence-electron chi connectivity index (χ4n) is 4.20. The summed E-state index contributed by atoms with van der Waals surface area (Å²) < 4.78 is 5.21. The molecule has 31 heavy (non-hydrogen) atoms. The quantitative estimate of drug-likeness (QED) is 0.570. The van der Waals surface area contributed by atoms with Gasteiger partial charge in [0.2, 0.25) is 0 Å². The predicted octanol–water partition coefficient (Wildman–Crippen LogP) is 4.66. The van der Waals surface area contributed by atoms with Crippen molar-refractivity contribution in [3.8, 4) is 17.0 Å². The molecule has 4 rings (SSSR count). The van der Waals surface area contributed by atoms with E-state index in [4.69, 9.17) is 4.74 Å². The summed E-state index contributed by atoms with van der Waals surface area (Å²) in [6.07, 6.45) is 0.739. The molecule has 0 saturated heterocycles. The molecule has 6 heteroatoms. The molecule has 0 fully saturated rings. The van der Waals surface area contributed by atoms with Crippen LogP contribution in [0.1, 0.15) is 60.4 Å². The Kier molecular flexibility index (Phi) is 5.58. The molecule has 162 valence electrons. The number of amides is 1. The fourth-order valence-corrected chi connectivity index (χ4v) is 4.20. The second-order valence-electron chi connectivity index (χ2n) is 9.00. The van der Waals surface area contributed by atoms with Crippen LogP contribution in [0.15, 0.2) is 48.5 Å². The lowest BCUT2D eigenvalue weighted by atomic mass is 9.85. The van der Waals surface area contributed by atoms with E-state index in [-0.39, 0.29) is 23.1 Å². The molecule has 1 aliphatic rings. The summed E-state index contributed by atoms with van der Waals surface area (Å²) in [4.78, 5) is 15.2. The van der Waals surface area contributed by atoms with E-state index in [1.165, 1.54) is 5.56 Å². The van der Waals surface area contributed by atoms with Gasteiger partial charge in [0, 0.05) is 31.4 Å². The topological polar surface area (TPSA) is 78.5 Å². The number of carbonyl (C=O) groups is 1. The first-order chi connectivity index (χ1) is 14.8. The predicted molar refractivity (Wildman–Crippen MR) is 120 cm³/mol. The Labute approximate surface area is 182 Å². The van der Waals surface area contributed by atoms with E-state index in [1.54, 1.807) is 19.2 Å². The number of hydrogen-bond acceptors (Lipinski definition) is 4. The lowest BCUT2D eigenvalue weighted by Crippen LogP contribution is -2.31. The molecule has 2 N–H and O–H groups in total. The summed E-state index contributed by atoms with van der Waals surface area (Å²) >= 11 is 0. The maximum atomic E-state index is 13.3. The minimum atomic E-state index is -0.276. The van der Waals surface area contributed by atoms with Gasteiger partial charge in [0.15, 0.2) is 0 Å². The normalized spacial score (nSPS) is 16.1. The van der Waals surface area contributed by atoms with Gasteiger partial charge in [-0.2, -0.15) is 5.10 Å². The maximum Gasteiger partial charge on any atom is 0.273 e. The Morgan fingerprint density at radius 2 is 1.84 bits per heavy atom. The summed E-state index contributed by atoms with van der Waals surface area (Å²) in [5.41, 5.74) is 4.83. The number of aromatic amines is 1. The van der Waals surface area contributed by atoms with Gasteiger partial charge in [0.1, 0.15) is 17.1 Å². The van der Waals surface area contributed by atoms with Crippen LogP contribution in [0.5, 0.6) is 5.75 Å². The van der Waals surface area contributed by atoms with Gasteiger partial charge in [-0.15, -0.1) is 0 Å². The zero-order valence-electron chi connectivity index (χ0n) is 18.5. The third-order valence-corrected chi connectivity index (χ3v) is 5.86. The molecule has 3 aromatic rings. The molecule has 0 spiro atoms. The fraction of sp³-hybridized carbons (Fsp3) is 0.360. The molecule has 0 aliphatic carbocycles. The number of methoxy groups -OCH3 is 1. The van der Waals surface area contributed by atoms with E-state index in [0.717, 1.165) is 17.5 Å². The average molecular weight is 420 g/mol. The zero-order valence-corrected chi connectivity index (χ0v) is 18.5. The van der Waals surface area contributed by atoms with Crippen molar-refractivity contribution in [2.45, 2.75) is 38.6 Å². The summed E-state index contributed by atoms with van der Waals surface area (Å²) in [6.45, 7) is 7.70. The van der Waals surface area contributed by atoms with Crippen molar-refractivity contribution in [2.24, 2.45) is 0 Å². The standard InChI is InChI=1S/C25H29N3O3/c1-25(2,3)17-12-10-16(11-13-17)23-20-21(18-8-5-6-9-19(18)29)26-27-22(20)24(30)28(23)14-7-15-31-4/h5-6,8-13,23,29H,7,14-15H2,1-4H3,(H,26,27)/t23-/m0/s1. The van der Waals surface area contributed by atoms with Crippen molar-refractivity contribution in [1.29, 1.82) is 0 Å². The Bertz CT molecular complexity index is 1080. The second kappa shape index (κ2) is 8.19. The van der Waals surface area contributed by atoms with Crippen LogP contribution in [-0.2, 0) is 10.2 Å². The molecular weight excluding hydrogens is 390 g/mol. The molecule has 1 aliphatic heterocycles. The SMILES string of the molecule is COCCCN1C(=O)c2[nH]nc(-c3ccccc3O)c2[C@@H]1c1ccc(C(C)(C)C)cc1. The van der Waals surface area contributed by atoms with Gasteiger partial charge in [0.25, 0.3) is 5.91 Å². The Balaban J connectivity index is 1.82. The number of fused-ring (bicyclic) bond motifs is 1. The number of H-pyrrole nitrogens is 1. The van der Waals surface area contributed by atoms with Crippen LogP contribution in [0.25, 0.3) is 11.3 Å². The number of hydrogen-bond donors (Lipinski definition) is 2. The van der Waals surface area contributed by atoms with Crippen LogP contribution in [-0.4, -0.2) is 46.4 Å². The highest BCUT2D eigenvalue weighted by Gasteiger charge is 2.42. The highest BCUT2D eigenvalue weighted by atomic mass is 16.5. The molecule has 1 amide bonds. The number of nitrogens with zero attached hydrogens (tertiary/aromatic N) is 2. The highest BCUT2D eigenvalue weighted by Crippen LogP contribution is 2.44. The number of phenols is 1. The molecular formula is C25H29N3O3. The Morgan fingerprint density at radius 1 is 1.13 bits per heavy atom. The van der Waals surface area contributed by atoms with Crippen LogP contribution in [0.4, 0.5) is 0 Å². The lowest BCUT2D eigenvalue weighted by molar-refractivity contribution is 0.0723. The number of aromatic nitrogens is 2. The number of aromatic hydroxyl groups is 1. The van der Waals surface area contributed by atoms with Crippen LogP contribution in [0.2, 0.25) is 0 Å². The highest BCUT2D eigenvalue weighted by molar-refractivity contribution is 6.00. The minimum absolute atomic E-state index is 0.0456. The monoisotopic (exact) mass is 419 g/mol. The van der Waals surface area contributed by atoms with E-state index < -0.39 is 0 Å². The van der Waals surface area contributed by atoms with Gasteiger partial charge < -0.3 is 14.7 Å².